The van der Waals surface area contributed by atoms with Crippen molar-refractivity contribution in [3.8, 4) is 0 Å². The third kappa shape index (κ3) is 6.00. The third-order valence-electron chi connectivity index (χ3n) is 3.31. The lowest BCUT2D eigenvalue weighted by molar-refractivity contribution is -0.121. The second-order valence-electron chi connectivity index (χ2n) is 4.96. The van der Waals surface area contributed by atoms with Crippen molar-refractivity contribution in [2.45, 2.75) is 19.4 Å². The molecule has 1 saturated heterocycles. The Hall–Kier alpha value is -1.18. The van der Waals surface area contributed by atoms with Crippen LogP contribution in [0.1, 0.15) is 13.3 Å². The number of methoxy groups -OCH3 is 1. The summed E-state index contributed by atoms with van der Waals surface area (Å²) < 4.78 is 4.79. The summed E-state index contributed by atoms with van der Waals surface area (Å²) in [5, 5.41) is 4.81. The molecule has 0 aliphatic carbocycles. The molecule has 1 fully saturated rings. The maximum absolute atomic E-state index is 11.7. The van der Waals surface area contributed by atoms with Gasteiger partial charge in [0.25, 0.3) is 0 Å². The van der Waals surface area contributed by atoms with Crippen LogP contribution in [-0.2, 0) is 9.53 Å². The Bertz CT molecular complexity index is 311. The molecule has 19 heavy (non-hydrogen) atoms. The van der Waals surface area contributed by atoms with E-state index in [0.29, 0.717) is 25.6 Å². The number of imide groups is 1. The zero-order chi connectivity index (χ0) is 14.3. The van der Waals surface area contributed by atoms with Crippen LogP contribution in [0.25, 0.3) is 0 Å². The molecule has 4 N–H and O–H groups in total. The second kappa shape index (κ2) is 8.08. The normalized spacial score (nSPS) is 23.9. The summed E-state index contributed by atoms with van der Waals surface area (Å²) in [4.78, 5) is 25.0. The molecule has 0 bridgehead atoms. The molecule has 0 aromatic rings. The van der Waals surface area contributed by atoms with Gasteiger partial charge in [0, 0.05) is 26.2 Å². The fourth-order valence-electron chi connectivity index (χ4n) is 1.99. The summed E-state index contributed by atoms with van der Waals surface area (Å²) in [5.74, 6) is 0.174. The maximum atomic E-state index is 11.7. The van der Waals surface area contributed by atoms with Crippen LogP contribution in [-0.4, -0.2) is 62.8 Å². The molecule has 0 aromatic carbocycles. The standard InChI is InChI=1S/C12H24N4O3/c1-9-3-5-16(7-10(9)13)8-11(17)15-12(18)14-4-6-19-2/h9-10H,3-8,13H2,1-2H3,(H2,14,15,17,18). The van der Waals surface area contributed by atoms with Crippen LogP contribution in [0.15, 0.2) is 0 Å². The highest BCUT2D eigenvalue weighted by Crippen LogP contribution is 2.14. The van der Waals surface area contributed by atoms with Crippen molar-refractivity contribution in [1.82, 2.24) is 15.5 Å². The summed E-state index contributed by atoms with van der Waals surface area (Å²) in [7, 11) is 1.55. The van der Waals surface area contributed by atoms with E-state index in [1.165, 1.54) is 0 Å². The number of amides is 3. The average Bonchev–Trinajstić information content (AvgIpc) is 2.34. The minimum Gasteiger partial charge on any atom is -0.383 e. The van der Waals surface area contributed by atoms with E-state index in [1.54, 1.807) is 7.11 Å². The van der Waals surface area contributed by atoms with Crippen LogP contribution in [0.3, 0.4) is 0 Å². The third-order valence-corrected chi connectivity index (χ3v) is 3.31. The predicted octanol–water partition coefficient (Wildman–Crippen LogP) is -0.872. The number of hydrogen-bond donors (Lipinski definition) is 3. The van der Waals surface area contributed by atoms with Crippen molar-refractivity contribution < 1.29 is 14.3 Å². The molecule has 1 aliphatic heterocycles. The van der Waals surface area contributed by atoms with E-state index in [1.807, 2.05) is 4.90 Å². The second-order valence-corrected chi connectivity index (χ2v) is 4.96. The van der Waals surface area contributed by atoms with E-state index in [9.17, 15) is 9.59 Å². The minimum absolute atomic E-state index is 0.0945. The molecule has 0 spiro atoms. The van der Waals surface area contributed by atoms with Gasteiger partial charge in [-0.05, 0) is 18.9 Å². The molecule has 7 heteroatoms. The van der Waals surface area contributed by atoms with E-state index in [-0.39, 0.29) is 18.5 Å². The first-order valence-electron chi connectivity index (χ1n) is 6.57. The van der Waals surface area contributed by atoms with E-state index in [0.717, 1.165) is 13.0 Å². The van der Waals surface area contributed by atoms with Crippen molar-refractivity contribution >= 4 is 11.9 Å². The van der Waals surface area contributed by atoms with Gasteiger partial charge in [0.15, 0.2) is 0 Å². The van der Waals surface area contributed by atoms with Gasteiger partial charge < -0.3 is 15.8 Å². The van der Waals surface area contributed by atoms with Crippen molar-refractivity contribution in [2.24, 2.45) is 11.7 Å². The minimum atomic E-state index is -0.489. The molecule has 3 amide bonds. The number of nitrogens with two attached hydrogens (primary N) is 1. The SMILES string of the molecule is COCCNC(=O)NC(=O)CN1CCC(C)C(N)C1. The molecule has 2 atom stereocenters. The van der Waals surface area contributed by atoms with Gasteiger partial charge in [0.05, 0.1) is 13.2 Å². The molecular formula is C12H24N4O3. The number of rotatable bonds is 5. The number of ether oxygens (including phenoxy) is 1. The first-order chi connectivity index (χ1) is 9.02. The van der Waals surface area contributed by atoms with E-state index in [4.69, 9.17) is 10.5 Å². The number of piperidine rings is 1. The van der Waals surface area contributed by atoms with Crippen molar-refractivity contribution in [3.63, 3.8) is 0 Å². The van der Waals surface area contributed by atoms with Crippen molar-refractivity contribution in [3.05, 3.63) is 0 Å². The number of carbonyl (C=O) groups excluding carboxylic acids is 2. The van der Waals surface area contributed by atoms with Crippen LogP contribution < -0.4 is 16.4 Å². The van der Waals surface area contributed by atoms with Gasteiger partial charge in [-0.15, -0.1) is 0 Å². The smallest absolute Gasteiger partial charge is 0.321 e. The number of carbonyl (C=O) groups is 2. The van der Waals surface area contributed by atoms with Gasteiger partial charge in [-0.25, -0.2) is 4.79 Å². The number of nitrogens with one attached hydrogen (secondary N) is 2. The van der Waals surface area contributed by atoms with E-state index >= 15 is 0 Å². The molecule has 1 aliphatic rings. The van der Waals surface area contributed by atoms with Crippen LogP contribution in [0.5, 0.6) is 0 Å². The van der Waals surface area contributed by atoms with Gasteiger partial charge in [-0.2, -0.15) is 0 Å². The first-order valence-corrected chi connectivity index (χ1v) is 6.57. The summed E-state index contributed by atoms with van der Waals surface area (Å²) in [6.07, 6.45) is 0.981. The molecular weight excluding hydrogens is 248 g/mol. The number of likely N-dealkylation sites (tertiary alicyclic amines) is 1. The number of hydrogen-bond acceptors (Lipinski definition) is 5. The topological polar surface area (TPSA) is 96.7 Å². The Kier molecular flexibility index (Phi) is 6.75. The molecule has 1 heterocycles. The molecule has 0 aromatic heterocycles. The lowest BCUT2D eigenvalue weighted by Gasteiger charge is -2.34. The first kappa shape index (κ1) is 15.9. The Morgan fingerprint density at radius 1 is 1.47 bits per heavy atom. The van der Waals surface area contributed by atoms with Crippen LogP contribution in [0.2, 0.25) is 0 Å². The molecule has 1 rings (SSSR count). The van der Waals surface area contributed by atoms with E-state index < -0.39 is 6.03 Å². The Balaban J connectivity index is 2.22. The molecule has 2 unspecified atom stereocenters. The van der Waals surface area contributed by atoms with Crippen LogP contribution in [0.4, 0.5) is 4.79 Å². The van der Waals surface area contributed by atoms with Gasteiger partial charge in [0.1, 0.15) is 0 Å². The van der Waals surface area contributed by atoms with Gasteiger partial charge in [-0.3, -0.25) is 15.0 Å². The lowest BCUT2D eigenvalue weighted by atomic mass is 9.94. The van der Waals surface area contributed by atoms with Gasteiger partial charge in [0.2, 0.25) is 5.91 Å². The van der Waals surface area contributed by atoms with Gasteiger partial charge in [-0.1, -0.05) is 6.92 Å². The molecule has 0 saturated carbocycles. The average molecular weight is 272 g/mol. The Morgan fingerprint density at radius 3 is 2.84 bits per heavy atom. The lowest BCUT2D eigenvalue weighted by Crippen LogP contribution is -2.51. The summed E-state index contributed by atoms with van der Waals surface area (Å²) in [6, 6.07) is -0.395. The Labute approximate surface area is 113 Å². The highest BCUT2D eigenvalue weighted by Gasteiger charge is 2.24. The monoisotopic (exact) mass is 272 g/mol. The number of urea groups is 1. The van der Waals surface area contributed by atoms with Crippen LogP contribution in [0, 0.1) is 5.92 Å². The summed E-state index contributed by atoms with van der Waals surface area (Å²) >= 11 is 0. The highest BCUT2D eigenvalue weighted by molar-refractivity contribution is 5.95. The molecule has 7 nitrogen and oxygen atoms in total. The van der Waals surface area contributed by atoms with Crippen molar-refractivity contribution in [1.29, 1.82) is 0 Å². The van der Waals surface area contributed by atoms with E-state index in [2.05, 4.69) is 17.6 Å². The fraction of sp³-hybridized carbons (Fsp3) is 0.833. The molecule has 110 valence electrons. The fourth-order valence-corrected chi connectivity index (χ4v) is 1.99. The highest BCUT2D eigenvalue weighted by atomic mass is 16.5. The summed E-state index contributed by atoms with van der Waals surface area (Å²) in [5.41, 5.74) is 5.96. The predicted molar refractivity (Wildman–Crippen MR) is 71.6 cm³/mol. The summed E-state index contributed by atoms with van der Waals surface area (Å²) in [6.45, 7) is 4.65. The quantitative estimate of drug-likeness (QED) is 0.565. The van der Waals surface area contributed by atoms with Crippen molar-refractivity contribution in [2.75, 3.05) is 39.9 Å². The molecule has 0 radical (unpaired) electrons. The maximum Gasteiger partial charge on any atom is 0.321 e. The van der Waals surface area contributed by atoms with Crippen LogP contribution >= 0.6 is 0 Å². The zero-order valence-electron chi connectivity index (χ0n) is 11.6. The number of nitrogens with zero attached hydrogens (tertiary/aromatic N) is 1. The Morgan fingerprint density at radius 2 is 2.21 bits per heavy atom. The largest absolute Gasteiger partial charge is 0.383 e. The van der Waals surface area contributed by atoms with Gasteiger partial charge >= 0.3 is 6.03 Å². The zero-order valence-corrected chi connectivity index (χ0v) is 11.6.